The molecule has 3 heteroatoms. The first kappa shape index (κ1) is 9.08. The van der Waals surface area contributed by atoms with Gasteiger partial charge >= 0.3 is 0 Å². The number of rotatable bonds is 2. The van der Waals surface area contributed by atoms with Crippen molar-refractivity contribution >= 4 is 11.8 Å². The van der Waals surface area contributed by atoms with Crippen LogP contribution >= 0.6 is 11.8 Å². The highest BCUT2D eigenvalue weighted by atomic mass is 32.2. The van der Waals surface area contributed by atoms with Crippen molar-refractivity contribution in [3.05, 3.63) is 23.5 Å². The van der Waals surface area contributed by atoms with Gasteiger partial charge in [-0.1, -0.05) is 6.92 Å². The highest BCUT2D eigenvalue weighted by molar-refractivity contribution is 7.99. The second-order valence-corrected chi connectivity index (χ2v) is 3.65. The monoisotopic (exact) mass is 178 g/mol. The molecule has 0 bridgehead atoms. The molecule has 62 valence electrons. The van der Waals surface area contributed by atoms with Crippen molar-refractivity contribution in [1.29, 1.82) is 5.26 Å². The third-order valence-corrected chi connectivity index (χ3v) is 2.33. The largest absolute Gasteiger partial charge is 0.241 e. The Morgan fingerprint density at radius 1 is 1.58 bits per heavy atom. The van der Waals surface area contributed by atoms with E-state index in [0.717, 1.165) is 16.3 Å². The summed E-state index contributed by atoms with van der Waals surface area (Å²) in [5.74, 6) is 0.972. The maximum absolute atomic E-state index is 8.74. The molecule has 12 heavy (non-hydrogen) atoms. The zero-order chi connectivity index (χ0) is 8.97. The number of nitriles is 1. The third kappa shape index (κ3) is 1.99. The van der Waals surface area contributed by atoms with E-state index >= 15 is 0 Å². The highest BCUT2D eigenvalue weighted by Crippen LogP contribution is 2.20. The van der Waals surface area contributed by atoms with E-state index in [-0.39, 0.29) is 0 Å². The molecule has 0 aliphatic carbocycles. The van der Waals surface area contributed by atoms with Crippen LogP contribution in [0.2, 0.25) is 0 Å². The predicted molar refractivity (Wildman–Crippen MR) is 50.1 cm³/mol. The quantitative estimate of drug-likeness (QED) is 0.652. The van der Waals surface area contributed by atoms with E-state index in [1.54, 1.807) is 11.8 Å². The number of pyridine rings is 1. The lowest BCUT2D eigenvalue weighted by Gasteiger charge is -2.00. The Morgan fingerprint density at radius 3 is 2.92 bits per heavy atom. The average molecular weight is 178 g/mol. The number of aryl methyl sites for hydroxylation is 1. The van der Waals surface area contributed by atoms with Crippen LogP contribution in [0.4, 0.5) is 0 Å². The molecule has 0 N–H and O–H groups in total. The van der Waals surface area contributed by atoms with E-state index in [2.05, 4.69) is 18.0 Å². The van der Waals surface area contributed by atoms with E-state index < -0.39 is 0 Å². The van der Waals surface area contributed by atoms with Crippen molar-refractivity contribution in [2.24, 2.45) is 0 Å². The SMILES string of the molecule is CCSc1ccc(C)nc1C#N. The van der Waals surface area contributed by atoms with Gasteiger partial charge in [0.15, 0.2) is 5.69 Å². The molecule has 0 fully saturated rings. The van der Waals surface area contributed by atoms with Crippen molar-refractivity contribution in [2.75, 3.05) is 5.75 Å². The molecule has 0 aliphatic heterocycles. The van der Waals surface area contributed by atoms with Crippen LogP contribution < -0.4 is 0 Å². The van der Waals surface area contributed by atoms with Gasteiger partial charge in [0.2, 0.25) is 0 Å². The molecular formula is C9H10N2S. The van der Waals surface area contributed by atoms with Gasteiger partial charge in [-0.2, -0.15) is 5.26 Å². The fourth-order valence-electron chi connectivity index (χ4n) is 0.896. The highest BCUT2D eigenvalue weighted by Gasteiger charge is 2.02. The van der Waals surface area contributed by atoms with Gasteiger partial charge in [-0.3, -0.25) is 0 Å². The van der Waals surface area contributed by atoms with E-state index in [1.807, 2.05) is 19.1 Å². The minimum absolute atomic E-state index is 0.543. The van der Waals surface area contributed by atoms with Crippen molar-refractivity contribution in [3.8, 4) is 6.07 Å². The topological polar surface area (TPSA) is 36.7 Å². The van der Waals surface area contributed by atoms with Gasteiger partial charge in [0.05, 0.1) is 0 Å². The van der Waals surface area contributed by atoms with Crippen LogP contribution in [0.3, 0.4) is 0 Å². The summed E-state index contributed by atoms with van der Waals surface area (Å²) in [5.41, 5.74) is 1.44. The summed E-state index contributed by atoms with van der Waals surface area (Å²) in [4.78, 5) is 5.11. The lowest BCUT2D eigenvalue weighted by Crippen LogP contribution is -1.89. The summed E-state index contributed by atoms with van der Waals surface area (Å²) >= 11 is 1.65. The second kappa shape index (κ2) is 4.13. The summed E-state index contributed by atoms with van der Waals surface area (Å²) in [7, 11) is 0. The first-order chi connectivity index (χ1) is 5.77. The molecule has 0 atom stereocenters. The molecule has 2 nitrogen and oxygen atoms in total. The van der Waals surface area contributed by atoms with Crippen molar-refractivity contribution in [1.82, 2.24) is 4.98 Å². The molecular weight excluding hydrogens is 168 g/mol. The summed E-state index contributed by atoms with van der Waals surface area (Å²) in [6.45, 7) is 3.95. The van der Waals surface area contributed by atoms with Gasteiger partial charge in [0.1, 0.15) is 6.07 Å². The molecule has 0 saturated heterocycles. The smallest absolute Gasteiger partial charge is 0.154 e. The van der Waals surface area contributed by atoms with Gasteiger partial charge in [0.25, 0.3) is 0 Å². The number of hydrogen-bond acceptors (Lipinski definition) is 3. The first-order valence-corrected chi connectivity index (χ1v) is 4.77. The van der Waals surface area contributed by atoms with E-state index in [0.29, 0.717) is 5.69 Å². The molecule has 0 spiro atoms. The summed E-state index contributed by atoms with van der Waals surface area (Å²) < 4.78 is 0. The molecule has 0 radical (unpaired) electrons. The lowest BCUT2D eigenvalue weighted by atomic mass is 10.3. The predicted octanol–water partition coefficient (Wildman–Crippen LogP) is 2.37. The fraction of sp³-hybridized carbons (Fsp3) is 0.333. The van der Waals surface area contributed by atoms with Crippen LogP contribution in [-0.2, 0) is 0 Å². The maximum Gasteiger partial charge on any atom is 0.154 e. The van der Waals surface area contributed by atoms with Crippen LogP contribution in [0, 0.1) is 18.3 Å². The average Bonchev–Trinajstić information content (AvgIpc) is 2.08. The second-order valence-electron chi connectivity index (χ2n) is 2.34. The van der Waals surface area contributed by atoms with Crippen LogP contribution in [0.5, 0.6) is 0 Å². The standard InChI is InChI=1S/C9H10N2S/c1-3-12-9-5-4-7(2)11-8(9)6-10/h4-5H,3H2,1-2H3. The van der Waals surface area contributed by atoms with Gasteiger partial charge in [-0.15, -0.1) is 11.8 Å². The van der Waals surface area contributed by atoms with Crippen LogP contribution in [-0.4, -0.2) is 10.7 Å². The Bertz CT molecular complexity index is 315. The number of hydrogen-bond donors (Lipinski definition) is 0. The van der Waals surface area contributed by atoms with Crippen LogP contribution in [0.1, 0.15) is 18.3 Å². The van der Waals surface area contributed by atoms with E-state index in [4.69, 9.17) is 5.26 Å². The Morgan fingerprint density at radius 2 is 2.33 bits per heavy atom. The van der Waals surface area contributed by atoms with E-state index in [9.17, 15) is 0 Å². The van der Waals surface area contributed by atoms with Gasteiger partial charge in [-0.05, 0) is 24.8 Å². The number of nitrogens with zero attached hydrogens (tertiary/aromatic N) is 2. The molecule has 0 aliphatic rings. The molecule has 1 heterocycles. The van der Waals surface area contributed by atoms with E-state index in [1.165, 1.54) is 0 Å². The fourth-order valence-corrected chi connectivity index (χ4v) is 1.60. The van der Waals surface area contributed by atoms with Gasteiger partial charge in [-0.25, -0.2) is 4.98 Å². The molecule has 0 aromatic carbocycles. The summed E-state index contributed by atoms with van der Waals surface area (Å²) in [6.07, 6.45) is 0. The molecule has 0 unspecified atom stereocenters. The minimum atomic E-state index is 0.543. The molecule has 1 rings (SSSR count). The zero-order valence-electron chi connectivity index (χ0n) is 7.16. The first-order valence-electron chi connectivity index (χ1n) is 3.78. The third-order valence-electron chi connectivity index (χ3n) is 1.40. The minimum Gasteiger partial charge on any atom is -0.241 e. The number of thioether (sulfide) groups is 1. The van der Waals surface area contributed by atoms with Gasteiger partial charge < -0.3 is 0 Å². The zero-order valence-corrected chi connectivity index (χ0v) is 7.98. The van der Waals surface area contributed by atoms with Crippen molar-refractivity contribution < 1.29 is 0 Å². The summed E-state index contributed by atoms with van der Waals surface area (Å²) in [5, 5.41) is 8.74. The Balaban J connectivity index is 3.05. The van der Waals surface area contributed by atoms with Crippen LogP contribution in [0.15, 0.2) is 17.0 Å². The summed E-state index contributed by atoms with van der Waals surface area (Å²) in [6, 6.07) is 5.97. The van der Waals surface area contributed by atoms with Gasteiger partial charge in [0, 0.05) is 10.6 Å². The van der Waals surface area contributed by atoms with Crippen molar-refractivity contribution in [3.63, 3.8) is 0 Å². The van der Waals surface area contributed by atoms with Crippen LogP contribution in [0.25, 0.3) is 0 Å². The lowest BCUT2D eigenvalue weighted by molar-refractivity contribution is 1.11. The Labute approximate surface area is 76.6 Å². The van der Waals surface area contributed by atoms with Crippen molar-refractivity contribution in [2.45, 2.75) is 18.7 Å². The maximum atomic E-state index is 8.74. The molecule has 1 aromatic rings. The number of aromatic nitrogens is 1. The Kier molecular flexibility index (Phi) is 3.12. The molecule has 0 saturated carbocycles. The normalized spacial score (nSPS) is 9.42. The molecule has 1 aromatic heterocycles. The molecule has 0 amide bonds. The Hall–Kier alpha value is -1.01.